The van der Waals surface area contributed by atoms with Gasteiger partial charge in [0.15, 0.2) is 0 Å². The van der Waals surface area contributed by atoms with Crippen LogP contribution in [0.3, 0.4) is 0 Å². The molecule has 3 rings (SSSR count). The Morgan fingerprint density at radius 2 is 1.92 bits per heavy atom. The van der Waals surface area contributed by atoms with E-state index in [4.69, 9.17) is 13.9 Å². The average Bonchev–Trinajstić information content (AvgIpc) is 3.12. The molecule has 0 aliphatic rings. The SMILES string of the molecule is COc1cccc(-c2nnc(C(=O)Nc3cc(C)ccc3OC)o2)c1. The van der Waals surface area contributed by atoms with Gasteiger partial charge in [0.1, 0.15) is 11.5 Å². The van der Waals surface area contributed by atoms with Gasteiger partial charge in [-0.05, 0) is 42.8 Å². The van der Waals surface area contributed by atoms with E-state index in [0.29, 0.717) is 22.7 Å². The molecule has 0 fully saturated rings. The normalized spacial score (nSPS) is 10.4. The van der Waals surface area contributed by atoms with E-state index in [2.05, 4.69) is 15.5 Å². The highest BCUT2D eigenvalue weighted by molar-refractivity contribution is 6.01. The highest BCUT2D eigenvalue weighted by atomic mass is 16.5. The fraction of sp³-hybridized carbons (Fsp3) is 0.167. The van der Waals surface area contributed by atoms with E-state index in [1.54, 1.807) is 43.5 Å². The molecule has 0 radical (unpaired) electrons. The summed E-state index contributed by atoms with van der Waals surface area (Å²) in [7, 11) is 3.11. The van der Waals surface area contributed by atoms with Crippen molar-refractivity contribution in [2.24, 2.45) is 0 Å². The first-order valence-corrected chi connectivity index (χ1v) is 7.54. The molecule has 0 saturated heterocycles. The van der Waals surface area contributed by atoms with Crippen LogP contribution in [0.25, 0.3) is 11.5 Å². The molecule has 0 bridgehead atoms. The molecule has 0 aliphatic heterocycles. The Balaban J connectivity index is 1.82. The van der Waals surface area contributed by atoms with E-state index >= 15 is 0 Å². The van der Waals surface area contributed by atoms with Crippen LogP contribution in [0.15, 0.2) is 46.9 Å². The number of nitrogens with zero attached hydrogens (tertiary/aromatic N) is 2. The maximum absolute atomic E-state index is 12.4. The van der Waals surface area contributed by atoms with E-state index in [-0.39, 0.29) is 11.8 Å². The second-order valence-electron chi connectivity index (χ2n) is 5.30. The Hall–Kier alpha value is -3.35. The molecular formula is C18H17N3O4. The summed E-state index contributed by atoms with van der Waals surface area (Å²) >= 11 is 0. The molecule has 0 spiro atoms. The van der Waals surface area contributed by atoms with Crippen LogP contribution in [0.2, 0.25) is 0 Å². The Labute approximate surface area is 144 Å². The van der Waals surface area contributed by atoms with Gasteiger partial charge in [0.2, 0.25) is 5.89 Å². The highest BCUT2D eigenvalue weighted by Gasteiger charge is 2.18. The van der Waals surface area contributed by atoms with E-state index in [0.717, 1.165) is 5.56 Å². The first-order chi connectivity index (χ1) is 12.1. The van der Waals surface area contributed by atoms with Gasteiger partial charge in [-0.25, -0.2) is 0 Å². The zero-order valence-corrected chi connectivity index (χ0v) is 14.1. The van der Waals surface area contributed by atoms with Crippen molar-refractivity contribution >= 4 is 11.6 Å². The van der Waals surface area contributed by atoms with E-state index < -0.39 is 5.91 Å². The van der Waals surface area contributed by atoms with Crippen molar-refractivity contribution in [1.29, 1.82) is 0 Å². The number of rotatable bonds is 5. The van der Waals surface area contributed by atoms with Crippen molar-refractivity contribution in [2.45, 2.75) is 6.92 Å². The van der Waals surface area contributed by atoms with Gasteiger partial charge in [-0.1, -0.05) is 12.1 Å². The third kappa shape index (κ3) is 3.60. The number of hydrogen-bond acceptors (Lipinski definition) is 6. The fourth-order valence-corrected chi connectivity index (χ4v) is 2.28. The molecule has 0 unspecified atom stereocenters. The minimum atomic E-state index is -0.509. The molecule has 3 aromatic rings. The number of aromatic nitrogens is 2. The number of nitrogens with one attached hydrogen (secondary N) is 1. The van der Waals surface area contributed by atoms with Crippen LogP contribution >= 0.6 is 0 Å². The van der Waals surface area contributed by atoms with Gasteiger partial charge < -0.3 is 19.2 Å². The largest absolute Gasteiger partial charge is 0.497 e. The summed E-state index contributed by atoms with van der Waals surface area (Å²) in [4.78, 5) is 12.4. The monoisotopic (exact) mass is 339 g/mol. The molecule has 1 amide bonds. The Kier molecular flexibility index (Phi) is 4.65. The molecule has 7 nitrogen and oxygen atoms in total. The molecule has 0 atom stereocenters. The third-order valence-corrected chi connectivity index (χ3v) is 3.54. The van der Waals surface area contributed by atoms with Crippen molar-refractivity contribution in [3.63, 3.8) is 0 Å². The lowest BCUT2D eigenvalue weighted by molar-refractivity contribution is 0.0990. The summed E-state index contributed by atoms with van der Waals surface area (Å²) in [6.07, 6.45) is 0. The third-order valence-electron chi connectivity index (χ3n) is 3.54. The van der Waals surface area contributed by atoms with Crippen molar-refractivity contribution in [3.05, 3.63) is 53.9 Å². The van der Waals surface area contributed by atoms with Crippen LogP contribution in [0.4, 0.5) is 5.69 Å². The molecule has 128 valence electrons. The van der Waals surface area contributed by atoms with Gasteiger partial charge in [0.25, 0.3) is 0 Å². The first kappa shape index (κ1) is 16.5. The Morgan fingerprint density at radius 3 is 2.68 bits per heavy atom. The standard InChI is InChI=1S/C18H17N3O4/c1-11-7-8-15(24-3)14(9-11)19-16(22)18-21-20-17(25-18)12-5-4-6-13(10-12)23-2/h4-10H,1-3H3,(H,19,22). The summed E-state index contributed by atoms with van der Waals surface area (Å²) in [5, 5.41) is 10.5. The topological polar surface area (TPSA) is 86.5 Å². The van der Waals surface area contributed by atoms with E-state index in [1.807, 2.05) is 13.0 Å². The zero-order valence-electron chi connectivity index (χ0n) is 14.1. The van der Waals surface area contributed by atoms with Crippen LogP contribution in [-0.2, 0) is 0 Å². The smallest absolute Gasteiger partial charge is 0.313 e. The molecule has 25 heavy (non-hydrogen) atoms. The summed E-state index contributed by atoms with van der Waals surface area (Å²) < 4.78 is 15.9. The van der Waals surface area contributed by atoms with Crippen molar-refractivity contribution < 1.29 is 18.7 Å². The summed E-state index contributed by atoms with van der Waals surface area (Å²) in [6, 6.07) is 12.6. The van der Waals surface area contributed by atoms with Gasteiger partial charge in [-0.15, -0.1) is 10.2 Å². The van der Waals surface area contributed by atoms with Crippen LogP contribution in [0.1, 0.15) is 16.2 Å². The summed E-state index contributed by atoms with van der Waals surface area (Å²) in [6.45, 7) is 1.92. The van der Waals surface area contributed by atoms with Gasteiger partial charge in [-0.3, -0.25) is 4.79 Å². The minimum Gasteiger partial charge on any atom is -0.497 e. The van der Waals surface area contributed by atoms with Crippen LogP contribution < -0.4 is 14.8 Å². The number of anilines is 1. The second-order valence-corrected chi connectivity index (χ2v) is 5.30. The molecule has 1 N–H and O–H groups in total. The number of amides is 1. The molecule has 1 heterocycles. The zero-order chi connectivity index (χ0) is 17.8. The summed E-state index contributed by atoms with van der Waals surface area (Å²) in [5.74, 6) is 0.796. The molecule has 0 aliphatic carbocycles. The second kappa shape index (κ2) is 7.04. The number of hydrogen-bond donors (Lipinski definition) is 1. The average molecular weight is 339 g/mol. The van der Waals surface area contributed by atoms with Crippen LogP contribution in [0.5, 0.6) is 11.5 Å². The van der Waals surface area contributed by atoms with Gasteiger partial charge in [-0.2, -0.15) is 0 Å². The Morgan fingerprint density at radius 1 is 1.08 bits per heavy atom. The maximum Gasteiger partial charge on any atom is 0.313 e. The number of benzene rings is 2. The van der Waals surface area contributed by atoms with E-state index in [1.165, 1.54) is 7.11 Å². The lowest BCUT2D eigenvalue weighted by atomic mass is 10.2. The van der Waals surface area contributed by atoms with Gasteiger partial charge in [0, 0.05) is 5.56 Å². The lowest BCUT2D eigenvalue weighted by Gasteiger charge is -2.09. The minimum absolute atomic E-state index is 0.138. The lowest BCUT2D eigenvalue weighted by Crippen LogP contribution is -2.13. The number of methoxy groups -OCH3 is 2. The van der Waals surface area contributed by atoms with Crippen molar-refractivity contribution in [2.75, 3.05) is 19.5 Å². The highest BCUT2D eigenvalue weighted by Crippen LogP contribution is 2.26. The van der Waals surface area contributed by atoms with E-state index in [9.17, 15) is 4.79 Å². The first-order valence-electron chi connectivity index (χ1n) is 7.54. The molecule has 7 heteroatoms. The quantitative estimate of drug-likeness (QED) is 0.767. The van der Waals surface area contributed by atoms with Gasteiger partial charge in [0.05, 0.1) is 19.9 Å². The predicted octanol–water partition coefficient (Wildman–Crippen LogP) is 3.31. The molecule has 0 saturated carbocycles. The van der Waals surface area contributed by atoms with Crippen molar-refractivity contribution in [1.82, 2.24) is 10.2 Å². The number of ether oxygens (including phenoxy) is 2. The van der Waals surface area contributed by atoms with Crippen molar-refractivity contribution in [3.8, 4) is 23.0 Å². The molecular weight excluding hydrogens is 322 g/mol. The maximum atomic E-state index is 12.4. The summed E-state index contributed by atoms with van der Waals surface area (Å²) in [5.41, 5.74) is 2.19. The fourth-order valence-electron chi connectivity index (χ4n) is 2.28. The number of aryl methyl sites for hydroxylation is 1. The molecule has 2 aromatic carbocycles. The Bertz CT molecular complexity index is 905. The predicted molar refractivity (Wildman–Crippen MR) is 92.0 cm³/mol. The van der Waals surface area contributed by atoms with Gasteiger partial charge >= 0.3 is 11.8 Å². The number of carbonyl (C=O) groups excluding carboxylic acids is 1. The van der Waals surface area contributed by atoms with Crippen LogP contribution in [0, 0.1) is 6.92 Å². The molecule has 1 aromatic heterocycles. The number of carbonyl (C=O) groups is 1. The van der Waals surface area contributed by atoms with Crippen LogP contribution in [-0.4, -0.2) is 30.3 Å².